The van der Waals surface area contributed by atoms with Crippen LogP contribution < -0.4 is 16.4 Å². The third-order valence-corrected chi connectivity index (χ3v) is 3.03. The molecule has 21 heavy (non-hydrogen) atoms. The zero-order valence-corrected chi connectivity index (χ0v) is 12.6. The molecule has 1 aromatic rings. The van der Waals surface area contributed by atoms with Crippen LogP contribution >= 0.6 is 12.4 Å². The molecule has 0 saturated heterocycles. The Hall–Kier alpha value is -1.63. The quantitative estimate of drug-likeness (QED) is 0.728. The van der Waals surface area contributed by atoms with Gasteiger partial charge in [0.1, 0.15) is 6.04 Å². The minimum Gasteiger partial charge on any atom is -0.383 e. The van der Waals surface area contributed by atoms with Gasteiger partial charge in [0, 0.05) is 13.2 Å². The van der Waals surface area contributed by atoms with Crippen molar-refractivity contribution in [2.45, 2.75) is 24.9 Å². The number of amides is 2. The molecule has 116 valence electrons. The summed E-state index contributed by atoms with van der Waals surface area (Å²) < 4.78 is 4.84. The van der Waals surface area contributed by atoms with Gasteiger partial charge < -0.3 is 21.1 Å². The van der Waals surface area contributed by atoms with E-state index in [1.807, 2.05) is 0 Å². The van der Waals surface area contributed by atoms with Gasteiger partial charge in [-0.3, -0.25) is 9.59 Å². The number of carbonyl (C=O) groups is 2. The van der Waals surface area contributed by atoms with E-state index in [1.165, 1.54) is 7.11 Å². The zero-order chi connectivity index (χ0) is 14.5. The lowest BCUT2D eigenvalue weighted by Gasteiger charge is -2.14. The average Bonchev–Trinajstić information content (AvgIpc) is 3.23. The summed E-state index contributed by atoms with van der Waals surface area (Å²) >= 11 is 0. The molecule has 2 rings (SSSR count). The summed E-state index contributed by atoms with van der Waals surface area (Å²) in [6.45, 7) is 0.127. The molecule has 4 N–H and O–H groups in total. The predicted molar refractivity (Wildman–Crippen MR) is 82.7 cm³/mol. The predicted octanol–water partition coefficient (Wildman–Crippen LogP) is 0.913. The third kappa shape index (κ3) is 5.00. The molecule has 7 heteroatoms. The number of carbonyl (C=O) groups excluding carboxylic acids is 2. The van der Waals surface area contributed by atoms with Gasteiger partial charge >= 0.3 is 0 Å². The lowest BCUT2D eigenvalue weighted by Crippen LogP contribution is -2.39. The fourth-order valence-electron chi connectivity index (χ4n) is 1.76. The molecule has 6 nitrogen and oxygen atoms in total. The van der Waals surface area contributed by atoms with E-state index in [9.17, 15) is 9.59 Å². The Kier molecular flexibility index (Phi) is 6.61. The molecule has 0 spiro atoms. The fraction of sp³-hybridized carbons (Fsp3) is 0.429. The average molecular weight is 314 g/mol. The van der Waals surface area contributed by atoms with Crippen molar-refractivity contribution in [2.24, 2.45) is 5.73 Å². The van der Waals surface area contributed by atoms with Crippen LogP contribution in [0.3, 0.4) is 0 Å². The number of nitrogens with two attached hydrogens (primary N) is 1. The number of para-hydroxylation sites is 1. The highest BCUT2D eigenvalue weighted by atomic mass is 35.5. The monoisotopic (exact) mass is 313 g/mol. The second kappa shape index (κ2) is 7.97. The standard InChI is InChI=1S/C14H19N3O3.ClH/c1-20-8-11(15)14(19)17-12-5-3-2-4-10(12)13(18)16-9-6-7-9;/h2-5,9,11H,6-8,15H2,1H3,(H,16,18)(H,17,19);1H. The highest BCUT2D eigenvalue weighted by molar-refractivity contribution is 6.04. The minimum atomic E-state index is -0.764. The molecule has 2 amide bonds. The first-order valence-corrected chi connectivity index (χ1v) is 6.57. The molecule has 1 aliphatic carbocycles. The first kappa shape index (κ1) is 17.4. The normalized spacial score (nSPS) is 14.8. The van der Waals surface area contributed by atoms with Crippen molar-refractivity contribution >= 4 is 29.9 Å². The van der Waals surface area contributed by atoms with Crippen molar-refractivity contribution < 1.29 is 14.3 Å². The van der Waals surface area contributed by atoms with E-state index in [0.29, 0.717) is 11.3 Å². The number of rotatable bonds is 6. The molecule has 1 atom stereocenters. The number of hydrogen-bond donors (Lipinski definition) is 3. The first-order valence-electron chi connectivity index (χ1n) is 6.57. The van der Waals surface area contributed by atoms with Gasteiger partial charge in [0.25, 0.3) is 5.91 Å². The maximum absolute atomic E-state index is 12.1. The zero-order valence-electron chi connectivity index (χ0n) is 11.8. The molecule has 1 unspecified atom stereocenters. The Morgan fingerprint density at radius 2 is 2.05 bits per heavy atom. The van der Waals surface area contributed by atoms with E-state index < -0.39 is 6.04 Å². The number of hydrogen-bond acceptors (Lipinski definition) is 4. The second-order valence-electron chi connectivity index (χ2n) is 4.84. The number of methoxy groups -OCH3 is 1. The highest BCUT2D eigenvalue weighted by Crippen LogP contribution is 2.21. The van der Waals surface area contributed by atoms with Crippen molar-refractivity contribution in [1.82, 2.24) is 5.32 Å². The van der Waals surface area contributed by atoms with Crippen LogP contribution in [-0.2, 0) is 9.53 Å². The Labute approximate surface area is 129 Å². The Morgan fingerprint density at radius 1 is 1.38 bits per heavy atom. The topological polar surface area (TPSA) is 93.4 Å². The number of anilines is 1. The molecule has 1 aliphatic rings. The van der Waals surface area contributed by atoms with Gasteiger partial charge in [0.15, 0.2) is 0 Å². The van der Waals surface area contributed by atoms with Crippen molar-refractivity contribution in [3.8, 4) is 0 Å². The molecule has 1 saturated carbocycles. The molecular weight excluding hydrogens is 294 g/mol. The maximum atomic E-state index is 12.1. The molecule has 0 bridgehead atoms. The number of benzene rings is 1. The lowest BCUT2D eigenvalue weighted by molar-refractivity contribution is -0.118. The van der Waals surface area contributed by atoms with Crippen LogP contribution in [0.1, 0.15) is 23.2 Å². The van der Waals surface area contributed by atoms with Crippen LogP contribution in [0, 0.1) is 0 Å². The Balaban J connectivity index is 0.00000220. The number of halogens is 1. The van der Waals surface area contributed by atoms with Gasteiger partial charge in [-0.1, -0.05) is 12.1 Å². The van der Waals surface area contributed by atoms with E-state index >= 15 is 0 Å². The van der Waals surface area contributed by atoms with Crippen molar-refractivity contribution in [3.63, 3.8) is 0 Å². The third-order valence-electron chi connectivity index (χ3n) is 3.03. The largest absolute Gasteiger partial charge is 0.383 e. The molecular formula is C14H20ClN3O3. The smallest absolute Gasteiger partial charge is 0.253 e. The van der Waals surface area contributed by atoms with Gasteiger partial charge in [-0.25, -0.2) is 0 Å². The van der Waals surface area contributed by atoms with Crippen molar-refractivity contribution in [2.75, 3.05) is 19.0 Å². The van der Waals surface area contributed by atoms with Crippen molar-refractivity contribution in [1.29, 1.82) is 0 Å². The SMILES string of the molecule is COCC(N)C(=O)Nc1ccccc1C(=O)NC1CC1.Cl. The summed E-state index contributed by atoms with van der Waals surface area (Å²) in [7, 11) is 1.48. The Morgan fingerprint density at radius 3 is 2.67 bits per heavy atom. The van der Waals surface area contributed by atoms with E-state index in [2.05, 4.69) is 10.6 Å². The van der Waals surface area contributed by atoms with E-state index in [0.717, 1.165) is 12.8 Å². The molecule has 1 aromatic carbocycles. The first-order chi connectivity index (χ1) is 9.61. The van der Waals surface area contributed by atoms with E-state index in [1.54, 1.807) is 24.3 Å². The summed E-state index contributed by atoms with van der Waals surface area (Å²) in [5, 5.41) is 5.56. The van der Waals surface area contributed by atoms with Crippen LogP contribution in [0.25, 0.3) is 0 Å². The second-order valence-corrected chi connectivity index (χ2v) is 4.84. The maximum Gasteiger partial charge on any atom is 0.253 e. The molecule has 0 radical (unpaired) electrons. The summed E-state index contributed by atoms with van der Waals surface area (Å²) in [6.07, 6.45) is 2.03. The van der Waals surface area contributed by atoms with Gasteiger partial charge in [-0.05, 0) is 25.0 Å². The highest BCUT2D eigenvalue weighted by Gasteiger charge is 2.25. The van der Waals surface area contributed by atoms with E-state index in [-0.39, 0.29) is 36.9 Å². The lowest BCUT2D eigenvalue weighted by atomic mass is 10.1. The summed E-state index contributed by atoms with van der Waals surface area (Å²) in [5.74, 6) is -0.553. The molecule has 0 aliphatic heterocycles. The van der Waals surface area contributed by atoms with Crippen LogP contribution in [-0.4, -0.2) is 37.6 Å². The number of nitrogens with one attached hydrogen (secondary N) is 2. The van der Waals surface area contributed by atoms with Gasteiger partial charge in [-0.2, -0.15) is 0 Å². The van der Waals surface area contributed by atoms with Crippen LogP contribution in [0.5, 0.6) is 0 Å². The van der Waals surface area contributed by atoms with Crippen molar-refractivity contribution in [3.05, 3.63) is 29.8 Å². The Bertz CT molecular complexity index is 506. The van der Waals surface area contributed by atoms with E-state index in [4.69, 9.17) is 10.5 Å². The molecule has 0 heterocycles. The van der Waals surface area contributed by atoms with Gasteiger partial charge in [0.2, 0.25) is 5.91 Å². The fourth-order valence-corrected chi connectivity index (χ4v) is 1.76. The van der Waals surface area contributed by atoms with Crippen LogP contribution in [0.15, 0.2) is 24.3 Å². The molecule has 1 fully saturated rings. The number of ether oxygens (including phenoxy) is 1. The van der Waals surface area contributed by atoms with Crippen LogP contribution in [0.2, 0.25) is 0 Å². The van der Waals surface area contributed by atoms with Gasteiger partial charge in [0.05, 0.1) is 17.9 Å². The molecule has 0 aromatic heterocycles. The van der Waals surface area contributed by atoms with Crippen LogP contribution in [0.4, 0.5) is 5.69 Å². The summed E-state index contributed by atoms with van der Waals surface area (Å²) in [4.78, 5) is 23.9. The minimum absolute atomic E-state index is 0. The summed E-state index contributed by atoms with van der Waals surface area (Å²) in [6, 6.07) is 6.37. The summed E-state index contributed by atoms with van der Waals surface area (Å²) in [5.41, 5.74) is 6.56. The van der Waals surface area contributed by atoms with Gasteiger partial charge in [-0.15, -0.1) is 12.4 Å².